The van der Waals surface area contributed by atoms with Crippen molar-refractivity contribution in [1.29, 1.82) is 5.26 Å². The van der Waals surface area contributed by atoms with Crippen molar-refractivity contribution in [2.75, 3.05) is 19.0 Å². The third kappa shape index (κ3) is 5.36. The van der Waals surface area contributed by atoms with Crippen LogP contribution in [-0.2, 0) is 20.7 Å². The zero-order valence-corrected chi connectivity index (χ0v) is 14.0. The van der Waals surface area contributed by atoms with Crippen molar-refractivity contribution in [2.24, 2.45) is 0 Å². The van der Waals surface area contributed by atoms with Gasteiger partial charge in [-0.25, -0.2) is 0 Å². The van der Waals surface area contributed by atoms with Crippen molar-refractivity contribution in [3.8, 4) is 11.8 Å². The van der Waals surface area contributed by atoms with E-state index in [-0.39, 0.29) is 13.0 Å². The first kappa shape index (κ1) is 18.0. The highest BCUT2D eigenvalue weighted by Crippen LogP contribution is 2.20. The molecule has 0 spiro atoms. The molecule has 2 aromatic rings. The van der Waals surface area contributed by atoms with E-state index in [1.54, 1.807) is 30.3 Å². The first-order valence-corrected chi connectivity index (χ1v) is 7.61. The van der Waals surface area contributed by atoms with Crippen LogP contribution >= 0.6 is 0 Å². The van der Waals surface area contributed by atoms with E-state index in [1.165, 1.54) is 7.11 Å². The first-order valence-electron chi connectivity index (χ1n) is 7.61. The number of rotatable bonds is 6. The number of nitrogens with zero attached hydrogens (tertiary/aromatic N) is 1. The topological polar surface area (TPSA) is 88.4 Å². The summed E-state index contributed by atoms with van der Waals surface area (Å²) in [4.78, 5) is 23.8. The summed E-state index contributed by atoms with van der Waals surface area (Å²) in [5.41, 5.74) is 2.74. The fourth-order valence-electron chi connectivity index (χ4n) is 2.22. The molecule has 1 N–H and O–H groups in total. The third-order valence-corrected chi connectivity index (χ3v) is 3.43. The Labute approximate surface area is 146 Å². The van der Waals surface area contributed by atoms with Crippen molar-refractivity contribution >= 4 is 17.6 Å². The molecular formula is C19H18N2O4. The molecule has 0 aliphatic heterocycles. The van der Waals surface area contributed by atoms with E-state index in [0.29, 0.717) is 22.6 Å². The maximum Gasteiger partial charge on any atom is 0.310 e. The number of hydrogen-bond acceptors (Lipinski definition) is 5. The molecule has 2 aromatic carbocycles. The average Bonchev–Trinajstić information content (AvgIpc) is 2.61. The molecule has 0 saturated carbocycles. The number of ether oxygens (including phenoxy) is 2. The summed E-state index contributed by atoms with van der Waals surface area (Å²) < 4.78 is 10.2. The van der Waals surface area contributed by atoms with Crippen LogP contribution in [0.3, 0.4) is 0 Å². The molecule has 0 fully saturated rings. The SMILES string of the molecule is COc1ccc(C)cc1CC(=O)OCC(=O)Nc1ccc(C#N)cc1. The maximum atomic E-state index is 11.9. The van der Waals surface area contributed by atoms with Crippen LogP contribution in [0.2, 0.25) is 0 Å². The normalized spacial score (nSPS) is 9.80. The summed E-state index contributed by atoms with van der Waals surface area (Å²) in [5.74, 6) is -0.363. The Bertz CT molecular complexity index is 807. The molecule has 0 aromatic heterocycles. The van der Waals surface area contributed by atoms with Gasteiger partial charge < -0.3 is 14.8 Å². The van der Waals surface area contributed by atoms with Gasteiger partial charge in [0.15, 0.2) is 6.61 Å². The van der Waals surface area contributed by atoms with Gasteiger partial charge in [-0.1, -0.05) is 17.7 Å². The molecule has 0 saturated heterocycles. The van der Waals surface area contributed by atoms with Crippen LogP contribution in [0, 0.1) is 18.3 Å². The number of methoxy groups -OCH3 is 1. The second-order valence-electron chi connectivity index (χ2n) is 5.39. The van der Waals surface area contributed by atoms with E-state index in [2.05, 4.69) is 5.32 Å². The lowest BCUT2D eigenvalue weighted by Gasteiger charge is -2.10. The Kier molecular flexibility index (Phi) is 6.13. The quantitative estimate of drug-likeness (QED) is 0.818. The van der Waals surface area contributed by atoms with E-state index in [9.17, 15) is 9.59 Å². The second kappa shape index (κ2) is 8.50. The number of anilines is 1. The molecule has 0 unspecified atom stereocenters. The molecule has 0 aliphatic rings. The molecule has 128 valence electrons. The zero-order valence-electron chi connectivity index (χ0n) is 14.0. The van der Waals surface area contributed by atoms with E-state index in [0.717, 1.165) is 5.56 Å². The monoisotopic (exact) mass is 338 g/mol. The first-order chi connectivity index (χ1) is 12.0. The highest BCUT2D eigenvalue weighted by atomic mass is 16.5. The van der Waals surface area contributed by atoms with Gasteiger partial charge in [-0.2, -0.15) is 5.26 Å². The van der Waals surface area contributed by atoms with Gasteiger partial charge in [0, 0.05) is 11.3 Å². The summed E-state index contributed by atoms with van der Waals surface area (Å²) in [7, 11) is 1.53. The largest absolute Gasteiger partial charge is 0.496 e. The molecule has 0 heterocycles. The van der Waals surface area contributed by atoms with Gasteiger partial charge in [-0.05, 0) is 37.3 Å². The Morgan fingerprint density at radius 2 is 1.88 bits per heavy atom. The minimum atomic E-state index is -0.515. The Balaban J connectivity index is 1.86. The van der Waals surface area contributed by atoms with Crippen molar-refractivity contribution in [1.82, 2.24) is 0 Å². The van der Waals surface area contributed by atoms with Crippen molar-refractivity contribution in [3.05, 3.63) is 59.2 Å². The van der Waals surface area contributed by atoms with Gasteiger partial charge in [-0.3, -0.25) is 9.59 Å². The molecule has 0 bridgehead atoms. The molecule has 1 amide bonds. The number of amides is 1. The number of carbonyl (C=O) groups is 2. The molecule has 0 aliphatic carbocycles. The highest BCUT2D eigenvalue weighted by Gasteiger charge is 2.12. The van der Waals surface area contributed by atoms with Gasteiger partial charge in [0.1, 0.15) is 5.75 Å². The lowest BCUT2D eigenvalue weighted by molar-refractivity contribution is -0.146. The van der Waals surface area contributed by atoms with Gasteiger partial charge in [0.2, 0.25) is 0 Å². The predicted molar refractivity (Wildman–Crippen MR) is 92.2 cm³/mol. The van der Waals surface area contributed by atoms with Crippen LogP contribution in [0.4, 0.5) is 5.69 Å². The third-order valence-electron chi connectivity index (χ3n) is 3.43. The Morgan fingerprint density at radius 1 is 1.16 bits per heavy atom. The fourth-order valence-corrected chi connectivity index (χ4v) is 2.22. The van der Waals surface area contributed by atoms with Crippen LogP contribution in [0.5, 0.6) is 5.75 Å². The van der Waals surface area contributed by atoms with Crippen LogP contribution in [-0.4, -0.2) is 25.6 Å². The maximum absolute atomic E-state index is 11.9. The van der Waals surface area contributed by atoms with Crippen LogP contribution < -0.4 is 10.1 Å². The summed E-state index contributed by atoms with van der Waals surface area (Å²) in [6.45, 7) is 1.53. The lowest BCUT2D eigenvalue weighted by Crippen LogP contribution is -2.21. The van der Waals surface area contributed by atoms with E-state index >= 15 is 0 Å². The van der Waals surface area contributed by atoms with Crippen molar-refractivity contribution in [2.45, 2.75) is 13.3 Å². The number of nitriles is 1. The summed E-state index contributed by atoms with van der Waals surface area (Å²) in [5, 5.41) is 11.3. The minimum Gasteiger partial charge on any atom is -0.496 e. The van der Waals surface area contributed by atoms with Gasteiger partial charge >= 0.3 is 5.97 Å². The number of nitrogens with one attached hydrogen (secondary N) is 1. The van der Waals surface area contributed by atoms with Crippen LogP contribution in [0.25, 0.3) is 0 Å². The number of esters is 1. The predicted octanol–water partition coefficient (Wildman–Crippen LogP) is 2.60. The summed E-state index contributed by atoms with van der Waals surface area (Å²) in [6, 6.07) is 13.9. The number of benzene rings is 2. The van der Waals surface area contributed by atoms with Crippen LogP contribution in [0.15, 0.2) is 42.5 Å². The van der Waals surface area contributed by atoms with Gasteiger partial charge in [0.05, 0.1) is 25.2 Å². The molecule has 6 nitrogen and oxygen atoms in total. The number of carbonyl (C=O) groups excluding carboxylic acids is 2. The number of aryl methyl sites for hydroxylation is 1. The highest BCUT2D eigenvalue weighted by molar-refractivity contribution is 5.92. The Morgan fingerprint density at radius 3 is 2.52 bits per heavy atom. The molecule has 0 radical (unpaired) electrons. The Hall–Kier alpha value is -3.33. The van der Waals surface area contributed by atoms with E-state index < -0.39 is 11.9 Å². The molecular weight excluding hydrogens is 320 g/mol. The lowest BCUT2D eigenvalue weighted by atomic mass is 10.1. The van der Waals surface area contributed by atoms with E-state index in [4.69, 9.17) is 14.7 Å². The molecule has 6 heteroatoms. The van der Waals surface area contributed by atoms with Crippen molar-refractivity contribution < 1.29 is 19.1 Å². The second-order valence-corrected chi connectivity index (χ2v) is 5.39. The smallest absolute Gasteiger partial charge is 0.310 e. The standard InChI is InChI=1S/C19H18N2O4/c1-13-3-8-17(24-2)15(9-13)10-19(23)25-12-18(22)21-16-6-4-14(11-20)5-7-16/h3-9H,10,12H2,1-2H3,(H,21,22). The summed E-state index contributed by atoms with van der Waals surface area (Å²) in [6.07, 6.45) is 0.0228. The molecule has 25 heavy (non-hydrogen) atoms. The zero-order chi connectivity index (χ0) is 18.2. The van der Waals surface area contributed by atoms with Gasteiger partial charge in [0.25, 0.3) is 5.91 Å². The minimum absolute atomic E-state index is 0.0228. The number of hydrogen-bond donors (Lipinski definition) is 1. The molecule has 2 rings (SSSR count). The fraction of sp³-hybridized carbons (Fsp3) is 0.211. The van der Waals surface area contributed by atoms with Crippen molar-refractivity contribution in [3.63, 3.8) is 0 Å². The van der Waals surface area contributed by atoms with Crippen LogP contribution in [0.1, 0.15) is 16.7 Å². The van der Waals surface area contributed by atoms with Gasteiger partial charge in [-0.15, -0.1) is 0 Å². The molecule has 0 atom stereocenters. The average molecular weight is 338 g/mol. The summed E-state index contributed by atoms with van der Waals surface area (Å²) >= 11 is 0. The van der Waals surface area contributed by atoms with E-state index in [1.807, 2.05) is 25.1 Å².